The lowest BCUT2D eigenvalue weighted by atomic mass is 10.1. The zero-order valence-corrected chi connectivity index (χ0v) is 16.6. The van der Waals surface area contributed by atoms with Gasteiger partial charge in [-0.25, -0.2) is 0 Å². The van der Waals surface area contributed by atoms with Crippen molar-refractivity contribution in [1.82, 2.24) is 10.2 Å². The van der Waals surface area contributed by atoms with E-state index in [1.54, 1.807) is 31.1 Å². The van der Waals surface area contributed by atoms with Gasteiger partial charge in [-0.3, -0.25) is 9.59 Å². The second kappa shape index (κ2) is 9.97. The molecule has 27 heavy (non-hydrogen) atoms. The SMILES string of the molecule is CCNC(=O)[C@@H](C)N(Cc1ccc(Cl)cc1)C(=O)Cc1ccc(OC)cc1. The molecule has 0 spiro atoms. The maximum Gasteiger partial charge on any atom is 0.242 e. The summed E-state index contributed by atoms with van der Waals surface area (Å²) in [5.41, 5.74) is 1.78. The molecule has 2 rings (SSSR count). The molecule has 0 saturated carbocycles. The van der Waals surface area contributed by atoms with Gasteiger partial charge in [-0.15, -0.1) is 0 Å². The van der Waals surface area contributed by atoms with E-state index in [-0.39, 0.29) is 18.2 Å². The van der Waals surface area contributed by atoms with Crippen LogP contribution in [0.4, 0.5) is 0 Å². The largest absolute Gasteiger partial charge is 0.497 e. The zero-order valence-electron chi connectivity index (χ0n) is 15.9. The Morgan fingerprint density at radius 1 is 1.07 bits per heavy atom. The third-order valence-corrected chi connectivity index (χ3v) is 4.55. The highest BCUT2D eigenvalue weighted by atomic mass is 35.5. The monoisotopic (exact) mass is 388 g/mol. The first-order valence-corrected chi connectivity index (χ1v) is 9.27. The van der Waals surface area contributed by atoms with Gasteiger partial charge in [0, 0.05) is 18.1 Å². The first-order chi connectivity index (χ1) is 12.9. The molecule has 0 radical (unpaired) electrons. The van der Waals surface area contributed by atoms with Gasteiger partial charge in [0.15, 0.2) is 0 Å². The number of nitrogens with zero attached hydrogens (tertiary/aromatic N) is 1. The zero-order chi connectivity index (χ0) is 19.8. The number of methoxy groups -OCH3 is 1. The van der Waals surface area contributed by atoms with Gasteiger partial charge in [-0.2, -0.15) is 0 Å². The summed E-state index contributed by atoms with van der Waals surface area (Å²) in [5.74, 6) is 0.448. The first kappa shape index (κ1) is 20.8. The van der Waals surface area contributed by atoms with Crippen LogP contribution in [0.25, 0.3) is 0 Å². The lowest BCUT2D eigenvalue weighted by Crippen LogP contribution is -2.48. The van der Waals surface area contributed by atoms with Crippen molar-refractivity contribution < 1.29 is 14.3 Å². The molecule has 2 aromatic rings. The fraction of sp³-hybridized carbons (Fsp3) is 0.333. The van der Waals surface area contributed by atoms with E-state index < -0.39 is 6.04 Å². The van der Waals surface area contributed by atoms with E-state index in [0.29, 0.717) is 18.1 Å². The van der Waals surface area contributed by atoms with Crippen molar-refractivity contribution >= 4 is 23.4 Å². The lowest BCUT2D eigenvalue weighted by Gasteiger charge is -2.29. The number of rotatable bonds is 8. The van der Waals surface area contributed by atoms with E-state index in [1.165, 1.54) is 0 Å². The Hall–Kier alpha value is -2.53. The highest BCUT2D eigenvalue weighted by Crippen LogP contribution is 2.16. The molecule has 0 heterocycles. The second-order valence-corrected chi connectivity index (χ2v) is 6.68. The second-order valence-electron chi connectivity index (χ2n) is 6.24. The van der Waals surface area contributed by atoms with Crippen molar-refractivity contribution in [3.63, 3.8) is 0 Å². The van der Waals surface area contributed by atoms with E-state index in [4.69, 9.17) is 16.3 Å². The molecule has 144 valence electrons. The Bertz CT molecular complexity index is 760. The molecule has 5 nitrogen and oxygen atoms in total. The van der Waals surface area contributed by atoms with Crippen LogP contribution in [0, 0.1) is 0 Å². The summed E-state index contributed by atoms with van der Waals surface area (Å²) < 4.78 is 5.15. The average Bonchev–Trinajstić information content (AvgIpc) is 2.67. The third kappa shape index (κ3) is 6.00. The van der Waals surface area contributed by atoms with Crippen LogP contribution in [0.5, 0.6) is 5.75 Å². The van der Waals surface area contributed by atoms with Crippen molar-refractivity contribution in [2.75, 3.05) is 13.7 Å². The molecule has 0 unspecified atom stereocenters. The minimum atomic E-state index is -0.577. The van der Waals surface area contributed by atoms with Gasteiger partial charge < -0.3 is 15.0 Å². The molecule has 0 saturated heterocycles. The van der Waals surface area contributed by atoms with Crippen LogP contribution < -0.4 is 10.1 Å². The topological polar surface area (TPSA) is 58.6 Å². The minimum Gasteiger partial charge on any atom is -0.497 e. The number of carbonyl (C=O) groups is 2. The van der Waals surface area contributed by atoms with Crippen LogP contribution in [-0.2, 0) is 22.6 Å². The van der Waals surface area contributed by atoms with Crippen molar-refractivity contribution in [1.29, 1.82) is 0 Å². The first-order valence-electron chi connectivity index (χ1n) is 8.89. The van der Waals surface area contributed by atoms with Gasteiger partial charge in [0.05, 0.1) is 13.5 Å². The van der Waals surface area contributed by atoms with Gasteiger partial charge >= 0.3 is 0 Å². The Morgan fingerprint density at radius 2 is 1.67 bits per heavy atom. The summed E-state index contributed by atoms with van der Waals surface area (Å²) in [6, 6.07) is 14.0. The van der Waals surface area contributed by atoms with Gasteiger partial charge in [-0.1, -0.05) is 35.9 Å². The summed E-state index contributed by atoms with van der Waals surface area (Å²) in [5, 5.41) is 3.42. The van der Waals surface area contributed by atoms with E-state index in [9.17, 15) is 9.59 Å². The predicted octanol–water partition coefficient (Wildman–Crippen LogP) is 3.44. The van der Waals surface area contributed by atoms with E-state index in [2.05, 4.69) is 5.32 Å². The number of halogens is 1. The highest BCUT2D eigenvalue weighted by molar-refractivity contribution is 6.30. The van der Waals surface area contributed by atoms with E-state index in [1.807, 2.05) is 43.3 Å². The third-order valence-electron chi connectivity index (χ3n) is 4.30. The molecule has 2 aromatic carbocycles. The lowest BCUT2D eigenvalue weighted by molar-refractivity contribution is -0.140. The number of benzene rings is 2. The standard InChI is InChI=1S/C21H25ClN2O3/c1-4-23-21(26)15(2)24(14-17-5-9-18(22)10-6-17)20(25)13-16-7-11-19(27-3)12-8-16/h5-12,15H,4,13-14H2,1-3H3,(H,23,26)/t15-/m1/s1. The summed E-state index contributed by atoms with van der Waals surface area (Å²) >= 11 is 5.94. The van der Waals surface area contributed by atoms with Crippen molar-refractivity contribution in [3.8, 4) is 5.75 Å². The maximum atomic E-state index is 13.0. The molecule has 0 aliphatic carbocycles. The van der Waals surface area contributed by atoms with Crippen molar-refractivity contribution in [3.05, 3.63) is 64.7 Å². The Morgan fingerprint density at radius 3 is 2.22 bits per heavy atom. The number of carbonyl (C=O) groups excluding carboxylic acids is 2. The number of hydrogen-bond acceptors (Lipinski definition) is 3. The van der Waals surface area contributed by atoms with Crippen LogP contribution in [0.2, 0.25) is 5.02 Å². The Balaban J connectivity index is 2.19. The normalized spacial score (nSPS) is 11.6. The summed E-state index contributed by atoms with van der Waals surface area (Å²) in [6.45, 7) is 4.45. The van der Waals surface area contributed by atoms with Crippen molar-refractivity contribution in [2.45, 2.75) is 32.9 Å². The summed E-state index contributed by atoms with van der Waals surface area (Å²) in [6.07, 6.45) is 0.210. The smallest absolute Gasteiger partial charge is 0.242 e. The molecule has 0 bridgehead atoms. The van der Waals surface area contributed by atoms with Crippen molar-refractivity contribution in [2.24, 2.45) is 0 Å². The molecule has 2 amide bonds. The molecule has 1 N–H and O–H groups in total. The molecule has 6 heteroatoms. The number of ether oxygens (including phenoxy) is 1. The molecule has 0 fully saturated rings. The van der Waals surface area contributed by atoms with Gasteiger partial charge in [0.2, 0.25) is 11.8 Å². The fourth-order valence-corrected chi connectivity index (χ4v) is 2.84. The molecule has 1 atom stereocenters. The van der Waals surface area contributed by atoms with Crippen LogP contribution >= 0.6 is 11.6 Å². The number of amides is 2. The minimum absolute atomic E-state index is 0.117. The Kier molecular flexibility index (Phi) is 7.67. The number of nitrogens with one attached hydrogen (secondary N) is 1. The van der Waals surface area contributed by atoms with Crippen LogP contribution in [0.15, 0.2) is 48.5 Å². The number of hydrogen-bond donors (Lipinski definition) is 1. The highest BCUT2D eigenvalue weighted by Gasteiger charge is 2.25. The maximum absolute atomic E-state index is 13.0. The summed E-state index contributed by atoms with van der Waals surface area (Å²) in [4.78, 5) is 26.9. The quantitative estimate of drug-likeness (QED) is 0.753. The van der Waals surface area contributed by atoms with E-state index in [0.717, 1.165) is 16.9 Å². The fourth-order valence-electron chi connectivity index (χ4n) is 2.71. The molecule has 0 aromatic heterocycles. The summed E-state index contributed by atoms with van der Waals surface area (Å²) in [7, 11) is 1.60. The van der Waals surface area contributed by atoms with Gasteiger partial charge in [0.1, 0.15) is 11.8 Å². The van der Waals surface area contributed by atoms with Gasteiger partial charge in [-0.05, 0) is 49.2 Å². The van der Waals surface area contributed by atoms with Crippen LogP contribution in [-0.4, -0.2) is 36.4 Å². The Labute approximate surface area is 165 Å². The number of likely N-dealkylation sites (N-methyl/N-ethyl adjacent to an activating group) is 1. The molecule has 0 aliphatic rings. The van der Waals surface area contributed by atoms with Gasteiger partial charge in [0.25, 0.3) is 0 Å². The molecular formula is C21H25ClN2O3. The van der Waals surface area contributed by atoms with E-state index >= 15 is 0 Å². The predicted molar refractivity (Wildman–Crippen MR) is 107 cm³/mol. The molecule has 0 aliphatic heterocycles. The average molecular weight is 389 g/mol. The molecular weight excluding hydrogens is 364 g/mol. The van der Waals surface area contributed by atoms with Crippen LogP contribution in [0.1, 0.15) is 25.0 Å². The van der Waals surface area contributed by atoms with Crippen LogP contribution in [0.3, 0.4) is 0 Å².